The Morgan fingerprint density at radius 1 is 1.10 bits per heavy atom. The first-order valence-corrected chi connectivity index (χ1v) is 13.4. The van der Waals surface area contributed by atoms with Crippen LogP contribution in [0.3, 0.4) is 0 Å². The number of urea groups is 1. The van der Waals surface area contributed by atoms with Gasteiger partial charge in [0.1, 0.15) is 17.7 Å². The molecule has 1 aliphatic heterocycles. The van der Waals surface area contributed by atoms with Crippen molar-refractivity contribution < 1.29 is 28.3 Å². The molecule has 1 aliphatic carbocycles. The predicted molar refractivity (Wildman–Crippen MR) is 143 cm³/mol. The number of oxime groups is 1. The molecule has 0 unspecified atom stereocenters. The summed E-state index contributed by atoms with van der Waals surface area (Å²) in [5.74, 6) is -0.644. The Labute approximate surface area is 226 Å². The number of aromatic nitrogens is 2. The molecule has 0 atom stereocenters. The van der Waals surface area contributed by atoms with Gasteiger partial charge in [-0.3, -0.25) is 0 Å². The third-order valence-corrected chi connectivity index (χ3v) is 6.93. The summed E-state index contributed by atoms with van der Waals surface area (Å²) < 4.78 is 34.6. The number of nitrogens with one attached hydrogen (secondary N) is 2. The number of rotatable bonds is 10. The number of amides is 2. The highest BCUT2D eigenvalue weighted by molar-refractivity contribution is 5.89. The number of benzene rings is 1. The maximum atomic E-state index is 14.9. The second kappa shape index (κ2) is 14.1. The average molecular weight is 547 g/mol. The summed E-state index contributed by atoms with van der Waals surface area (Å²) in [6, 6.07) is 1.53. The number of aryl methyl sites for hydroxylation is 1. The molecule has 4 rings (SSSR count). The van der Waals surface area contributed by atoms with Gasteiger partial charge in [-0.25, -0.2) is 23.5 Å². The lowest BCUT2D eigenvalue weighted by atomic mass is 9.83. The lowest BCUT2D eigenvalue weighted by Gasteiger charge is -2.31. The molecule has 0 bridgehead atoms. The van der Waals surface area contributed by atoms with Crippen LogP contribution in [0.2, 0.25) is 0 Å². The Hall–Kier alpha value is -3.38. The molecule has 1 aromatic heterocycles. The molecule has 10 nitrogen and oxygen atoms in total. The fourth-order valence-corrected chi connectivity index (χ4v) is 4.75. The highest BCUT2D eigenvalue weighted by atomic mass is 19.1. The van der Waals surface area contributed by atoms with Crippen LogP contribution in [0.25, 0.3) is 0 Å². The van der Waals surface area contributed by atoms with Crippen molar-refractivity contribution in [1.29, 1.82) is 0 Å². The maximum absolute atomic E-state index is 14.9. The number of hydrogen-bond donors (Lipinski definition) is 3. The minimum absolute atomic E-state index is 0.0359. The Morgan fingerprint density at radius 2 is 1.82 bits per heavy atom. The van der Waals surface area contributed by atoms with E-state index in [1.54, 1.807) is 0 Å². The van der Waals surface area contributed by atoms with Gasteiger partial charge in [0, 0.05) is 50.9 Å². The molecule has 0 spiro atoms. The second-order valence-corrected chi connectivity index (χ2v) is 9.85. The number of piperidine rings is 1. The molecule has 2 heterocycles. The fourth-order valence-electron chi connectivity index (χ4n) is 4.75. The first-order valence-electron chi connectivity index (χ1n) is 13.4. The highest BCUT2D eigenvalue weighted by Gasteiger charge is 2.26. The van der Waals surface area contributed by atoms with Crippen LogP contribution in [0.4, 0.5) is 25.2 Å². The van der Waals surface area contributed by atoms with Crippen LogP contribution in [-0.2, 0) is 9.57 Å². The van der Waals surface area contributed by atoms with Crippen LogP contribution in [-0.4, -0.2) is 72.4 Å². The highest BCUT2D eigenvalue weighted by Crippen LogP contribution is 2.35. The van der Waals surface area contributed by atoms with Gasteiger partial charge in [-0.15, -0.1) is 0 Å². The van der Waals surface area contributed by atoms with Crippen molar-refractivity contribution in [2.75, 3.05) is 49.7 Å². The summed E-state index contributed by atoms with van der Waals surface area (Å²) >= 11 is 0. The number of anilines is 2. The zero-order valence-electron chi connectivity index (χ0n) is 22.2. The molecule has 212 valence electrons. The summed E-state index contributed by atoms with van der Waals surface area (Å²) in [5.41, 5.74) is 2.05. The molecule has 39 heavy (non-hydrogen) atoms. The van der Waals surface area contributed by atoms with Crippen molar-refractivity contribution >= 4 is 23.4 Å². The van der Waals surface area contributed by atoms with E-state index >= 15 is 0 Å². The zero-order valence-corrected chi connectivity index (χ0v) is 22.2. The normalized spacial score (nSPS) is 18.1. The van der Waals surface area contributed by atoms with E-state index in [0.29, 0.717) is 31.2 Å². The SMILES string of the molecule is Cc1cnc(N2CCC(ON=C3CCC(c4cc(F)c(NC(=O)NCCOCCO)cc4F)CC3)CC2)nc1. The third kappa shape index (κ3) is 8.30. The summed E-state index contributed by atoms with van der Waals surface area (Å²) in [6.07, 6.45) is 7.93. The molecular formula is C27H36F2N6O4. The van der Waals surface area contributed by atoms with Crippen LogP contribution in [0, 0.1) is 18.6 Å². The predicted octanol–water partition coefficient (Wildman–Crippen LogP) is 3.89. The number of ether oxygens (including phenoxy) is 1. The molecule has 2 fully saturated rings. The molecule has 12 heteroatoms. The van der Waals surface area contributed by atoms with Gasteiger partial charge in [0.2, 0.25) is 5.95 Å². The van der Waals surface area contributed by atoms with Gasteiger partial charge in [-0.2, -0.15) is 0 Å². The summed E-state index contributed by atoms with van der Waals surface area (Å²) in [6.45, 7) is 3.99. The van der Waals surface area contributed by atoms with Crippen LogP contribution in [0.15, 0.2) is 29.7 Å². The van der Waals surface area contributed by atoms with Crippen LogP contribution in [0.1, 0.15) is 55.6 Å². The first-order chi connectivity index (χ1) is 18.9. The van der Waals surface area contributed by atoms with Crippen molar-refractivity contribution in [3.05, 3.63) is 47.3 Å². The Bertz CT molecular complexity index is 1120. The summed E-state index contributed by atoms with van der Waals surface area (Å²) in [5, 5.41) is 17.9. The van der Waals surface area contributed by atoms with E-state index in [1.165, 1.54) is 6.07 Å². The summed E-state index contributed by atoms with van der Waals surface area (Å²) in [7, 11) is 0. The molecular weight excluding hydrogens is 510 g/mol. The second-order valence-electron chi connectivity index (χ2n) is 9.85. The molecule has 1 saturated carbocycles. The number of aliphatic hydroxyl groups excluding tert-OH is 1. The number of carbonyl (C=O) groups is 1. The van der Waals surface area contributed by atoms with Crippen LogP contribution in [0.5, 0.6) is 0 Å². The van der Waals surface area contributed by atoms with Crippen LogP contribution < -0.4 is 15.5 Å². The number of nitrogens with zero attached hydrogens (tertiary/aromatic N) is 4. The number of carbonyl (C=O) groups excluding carboxylic acids is 1. The molecule has 1 aromatic carbocycles. The molecule has 0 radical (unpaired) electrons. The van der Waals surface area contributed by atoms with Gasteiger partial charge in [0.05, 0.1) is 31.2 Å². The van der Waals surface area contributed by atoms with Gasteiger partial charge in [-0.1, -0.05) is 5.16 Å². The van der Waals surface area contributed by atoms with E-state index in [1.807, 2.05) is 19.3 Å². The number of halogens is 2. The van der Waals surface area contributed by atoms with E-state index in [0.717, 1.165) is 49.2 Å². The standard InChI is InChI=1S/C27H36F2N6O4/c1-18-16-31-26(32-17-18)35-9-6-21(7-10-35)39-34-20-4-2-19(3-5-20)22-14-24(29)25(15-23(22)28)33-27(37)30-8-12-38-13-11-36/h14-17,19,21,36H,2-13H2,1H3,(H2,30,33,37). The van der Waals surface area contributed by atoms with Gasteiger partial charge in [0.15, 0.2) is 0 Å². The van der Waals surface area contributed by atoms with E-state index in [-0.39, 0.29) is 44.1 Å². The van der Waals surface area contributed by atoms with Crippen LogP contribution >= 0.6 is 0 Å². The van der Waals surface area contributed by atoms with E-state index in [9.17, 15) is 13.6 Å². The smallest absolute Gasteiger partial charge is 0.319 e. The van der Waals surface area contributed by atoms with Crippen molar-refractivity contribution in [1.82, 2.24) is 15.3 Å². The fraction of sp³-hybridized carbons (Fsp3) is 0.556. The first kappa shape index (κ1) is 28.6. The largest absolute Gasteiger partial charge is 0.394 e. The molecule has 2 amide bonds. The lowest BCUT2D eigenvalue weighted by Crippen LogP contribution is -2.37. The van der Waals surface area contributed by atoms with Gasteiger partial charge in [0.25, 0.3) is 0 Å². The van der Waals surface area contributed by atoms with Crippen molar-refractivity contribution in [2.24, 2.45) is 5.16 Å². The zero-order chi connectivity index (χ0) is 27.6. The maximum Gasteiger partial charge on any atom is 0.319 e. The Kier molecular flexibility index (Phi) is 10.4. The van der Waals surface area contributed by atoms with Gasteiger partial charge < -0.3 is 30.2 Å². The van der Waals surface area contributed by atoms with E-state index < -0.39 is 17.7 Å². The van der Waals surface area contributed by atoms with Crippen molar-refractivity contribution in [2.45, 2.75) is 57.5 Å². The van der Waals surface area contributed by atoms with Gasteiger partial charge in [-0.05, 0) is 55.7 Å². The minimum Gasteiger partial charge on any atom is -0.394 e. The topological polar surface area (TPSA) is 121 Å². The third-order valence-electron chi connectivity index (χ3n) is 6.93. The minimum atomic E-state index is -0.691. The average Bonchev–Trinajstić information content (AvgIpc) is 2.95. The Balaban J connectivity index is 1.21. The monoisotopic (exact) mass is 546 g/mol. The lowest BCUT2D eigenvalue weighted by molar-refractivity contribution is 0.0406. The molecule has 1 saturated heterocycles. The van der Waals surface area contributed by atoms with E-state index in [4.69, 9.17) is 14.7 Å². The van der Waals surface area contributed by atoms with Crippen molar-refractivity contribution in [3.8, 4) is 0 Å². The van der Waals surface area contributed by atoms with E-state index in [2.05, 4.69) is 30.7 Å². The van der Waals surface area contributed by atoms with Gasteiger partial charge >= 0.3 is 6.03 Å². The Morgan fingerprint density at radius 3 is 2.51 bits per heavy atom. The number of hydrogen-bond acceptors (Lipinski definition) is 8. The molecule has 2 aliphatic rings. The van der Waals surface area contributed by atoms with Crippen molar-refractivity contribution in [3.63, 3.8) is 0 Å². The molecule has 2 aromatic rings. The number of aliphatic hydroxyl groups is 1. The quantitative estimate of drug-likeness (QED) is 0.305. The molecule has 3 N–H and O–H groups in total. The summed E-state index contributed by atoms with van der Waals surface area (Å²) in [4.78, 5) is 28.7.